The van der Waals surface area contributed by atoms with E-state index in [1.807, 2.05) is 0 Å². The van der Waals surface area contributed by atoms with Crippen LogP contribution >= 0.6 is 0 Å². The van der Waals surface area contributed by atoms with Crippen LogP contribution in [0.4, 0.5) is 17.1 Å². The molecule has 6 N–H and O–H groups in total. The van der Waals surface area contributed by atoms with Crippen LogP contribution in [0.5, 0.6) is 11.5 Å². The Labute approximate surface area is 323 Å². The van der Waals surface area contributed by atoms with Crippen LogP contribution in [0.15, 0.2) is 104 Å². The molecule has 6 rings (SSSR count). The lowest BCUT2D eigenvalue weighted by Crippen LogP contribution is -2.28. The van der Waals surface area contributed by atoms with E-state index in [1.54, 1.807) is 0 Å². The first-order valence-electron chi connectivity index (χ1n) is 15.8. The molecule has 0 spiro atoms. The third-order valence-electron chi connectivity index (χ3n) is 8.34. The van der Waals surface area contributed by atoms with E-state index >= 15 is 0 Å². The average Bonchev–Trinajstić information content (AvgIpc) is 3.15. The second kappa shape index (κ2) is 15.2. The zero-order valence-corrected chi connectivity index (χ0v) is 31.6. The van der Waals surface area contributed by atoms with Gasteiger partial charge in [-0.05, 0) is 60.2 Å². The summed E-state index contributed by atoms with van der Waals surface area (Å²) >= 11 is 0. The van der Waals surface area contributed by atoms with E-state index < -0.39 is 68.2 Å². The van der Waals surface area contributed by atoms with Crippen LogP contribution in [0.3, 0.4) is 0 Å². The summed E-state index contributed by atoms with van der Waals surface area (Å²) in [4.78, 5) is 37.7. The highest BCUT2D eigenvalue weighted by atomic mass is 32.2. The summed E-state index contributed by atoms with van der Waals surface area (Å²) in [7, 11) is -11.7. The molecule has 294 valence electrons. The number of hydrazone groups is 2. The number of carbonyl (C=O) groups excluding carboxylic acids is 3. The number of benzene rings is 4. The fourth-order valence-corrected chi connectivity index (χ4v) is 7.22. The lowest BCUT2D eigenvalue weighted by Gasteiger charge is -2.20. The first kappa shape index (κ1) is 40.1. The van der Waals surface area contributed by atoms with Gasteiger partial charge in [0.1, 0.15) is 33.5 Å². The molecule has 19 nitrogen and oxygen atoms in total. The van der Waals surface area contributed by atoms with E-state index in [0.29, 0.717) is 5.56 Å². The Morgan fingerprint density at radius 3 is 1.79 bits per heavy atom. The van der Waals surface area contributed by atoms with Crippen LogP contribution < -0.4 is 25.6 Å². The molecule has 1 amide bonds. The zero-order valence-electron chi connectivity index (χ0n) is 29.1. The van der Waals surface area contributed by atoms with E-state index in [2.05, 4.69) is 26.4 Å². The van der Waals surface area contributed by atoms with E-state index in [-0.39, 0.29) is 56.5 Å². The van der Waals surface area contributed by atoms with E-state index in [4.69, 9.17) is 9.47 Å². The Hall–Kier alpha value is -6.56. The minimum atomic E-state index is -5.15. The molecule has 0 bridgehead atoms. The van der Waals surface area contributed by atoms with Gasteiger partial charge in [-0.2, -0.15) is 35.5 Å². The number of carbonyl (C=O) groups is 3. The number of nitrogens with zero attached hydrogens (tertiary/aromatic N) is 2. The van der Waals surface area contributed by atoms with Crippen molar-refractivity contribution in [3.63, 3.8) is 0 Å². The molecular weight excluding hydrogens is 811 g/mol. The van der Waals surface area contributed by atoms with Crippen LogP contribution in [0, 0.1) is 0 Å². The Balaban J connectivity index is 1.31. The molecular formula is C35H27N5O14S3. The van der Waals surface area contributed by atoms with Gasteiger partial charge in [0.05, 0.1) is 24.0 Å². The fourth-order valence-electron chi connectivity index (χ4n) is 5.59. The van der Waals surface area contributed by atoms with Gasteiger partial charge in [0.25, 0.3) is 36.3 Å². The summed E-state index contributed by atoms with van der Waals surface area (Å²) in [5.74, 6) is -2.30. The smallest absolute Gasteiger partial charge is 0.296 e. The standard InChI is InChI=1S/C35H27N5O14S3/c1-53-29-17-27(30(54-2)16-26(29)37-39-32-23-14-21(56(47,48)49)12-6-18(23)9-13-28(32)41)38-40-33-31(57(50,51)52)15-24-22(34(33)42)4-3-5-25(24)36-35(43)19-7-10-20(11-8-19)55(44,45)46/h3-17,37-38H,1-2H3,(H,36,43)(H,44,45,46)(H,47,48,49)(H,50,51,52)/b39-32-,40-33-. The Morgan fingerprint density at radius 2 is 1.23 bits per heavy atom. The maximum absolute atomic E-state index is 13.8. The molecule has 0 radical (unpaired) electrons. The Bertz CT molecular complexity index is 2870. The van der Waals surface area contributed by atoms with E-state index in [1.165, 1.54) is 62.8 Å². The SMILES string of the molecule is COc1cc(N/N=C2\C(=O)c3cccc(NC(=O)c4ccc(S(=O)(=O)O)cc4)c3C=C2S(=O)(=O)O)c(OC)cc1N/N=C1\C(=O)C=Cc2ccc(S(=O)(=O)O)cc21. The maximum atomic E-state index is 13.8. The van der Waals surface area contributed by atoms with Crippen LogP contribution in [0.2, 0.25) is 0 Å². The highest BCUT2D eigenvalue weighted by Gasteiger charge is 2.34. The molecule has 0 saturated carbocycles. The molecule has 57 heavy (non-hydrogen) atoms. The van der Waals surface area contributed by atoms with Gasteiger partial charge in [0, 0.05) is 40.1 Å². The molecule has 0 heterocycles. The lowest BCUT2D eigenvalue weighted by atomic mass is 9.93. The predicted molar refractivity (Wildman–Crippen MR) is 206 cm³/mol. The number of ketones is 2. The number of allylic oxidation sites excluding steroid dienone is 2. The largest absolute Gasteiger partial charge is 0.494 e. The average molecular weight is 838 g/mol. The van der Waals surface area contributed by atoms with Gasteiger partial charge in [-0.1, -0.05) is 24.3 Å². The minimum Gasteiger partial charge on any atom is -0.494 e. The summed E-state index contributed by atoms with van der Waals surface area (Å²) in [6.45, 7) is 0. The molecule has 0 aliphatic heterocycles. The van der Waals surface area contributed by atoms with Crippen molar-refractivity contribution in [2.75, 3.05) is 30.4 Å². The number of ether oxygens (including phenoxy) is 2. The van der Waals surface area contributed by atoms with Crippen molar-refractivity contribution >= 4 is 88.5 Å². The van der Waals surface area contributed by atoms with Crippen molar-refractivity contribution in [2.45, 2.75) is 9.79 Å². The molecule has 2 aliphatic carbocycles. The molecule has 2 aliphatic rings. The quantitative estimate of drug-likeness (QED) is 0.0926. The molecule has 0 unspecified atom stereocenters. The predicted octanol–water partition coefficient (Wildman–Crippen LogP) is 3.75. The third-order valence-corrected chi connectivity index (χ3v) is 10.9. The van der Waals surface area contributed by atoms with Gasteiger partial charge >= 0.3 is 0 Å². The van der Waals surface area contributed by atoms with Crippen LogP contribution in [-0.2, 0) is 35.1 Å². The van der Waals surface area contributed by atoms with Crippen molar-refractivity contribution < 1.29 is 62.8 Å². The lowest BCUT2D eigenvalue weighted by molar-refractivity contribution is -0.108. The number of Topliss-reactive ketones (excluding diaryl/α,β-unsaturated/α-hetero) is 1. The monoisotopic (exact) mass is 837 g/mol. The summed E-state index contributed by atoms with van der Waals surface area (Å²) in [5.41, 5.74) is 4.59. The van der Waals surface area contributed by atoms with Crippen LogP contribution in [-0.4, -0.2) is 82.0 Å². The molecule has 0 saturated heterocycles. The molecule has 4 aromatic carbocycles. The summed E-state index contributed by atoms with van der Waals surface area (Å²) in [6, 6.07) is 14.6. The number of anilines is 3. The normalized spacial score (nSPS) is 15.4. The Morgan fingerprint density at radius 1 is 0.649 bits per heavy atom. The maximum Gasteiger partial charge on any atom is 0.296 e. The minimum absolute atomic E-state index is 0.00850. The fraction of sp³-hybridized carbons (Fsp3) is 0.0571. The number of fused-ring (bicyclic) bond motifs is 2. The van der Waals surface area contributed by atoms with Crippen molar-refractivity contribution in [1.82, 2.24) is 0 Å². The summed E-state index contributed by atoms with van der Waals surface area (Å²) in [6.07, 6.45) is 3.59. The van der Waals surface area contributed by atoms with E-state index in [9.17, 15) is 53.3 Å². The molecule has 22 heteroatoms. The molecule has 0 fully saturated rings. The van der Waals surface area contributed by atoms with Gasteiger partial charge in [0.2, 0.25) is 11.6 Å². The first-order valence-corrected chi connectivity index (χ1v) is 20.2. The number of methoxy groups -OCH3 is 2. The number of nitrogens with one attached hydrogen (secondary N) is 3. The van der Waals surface area contributed by atoms with Crippen molar-refractivity contribution in [1.29, 1.82) is 0 Å². The van der Waals surface area contributed by atoms with E-state index in [0.717, 1.165) is 42.5 Å². The van der Waals surface area contributed by atoms with Gasteiger partial charge in [-0.15, -0.1) is 0 Å². The molecule has 0 aromatic heterocycles. The van der Waals surface area contributed by atoms with Crippen molar-refractivity contribution in [3.05, 3.63) is 112 Å². The van der Waals surface area contributed by atoms with Gasteiger partial charge in [-0.3, -0.25) is 38.9 Å². The topological polar surface area (TPSA) is 294 Å². The van der Waals surface area contributed by atoms with Crippen LogP contribution in [0.25, 0.3) is 12.2 Å². The highest BCUT2D eigenvalue weighted by Crippen LogP contribution is 2.38. The highest BCUT2D eigenvalue weighted by molar-refractivity contribution is 7.91. The van der Waals surface area contributed by atoms with Crippen molar-refractivity contribution in [3.8, 4) is 11.5 Å². The van der Waals surface area contributed by atoms with Crippen LogP contribution in [0.1, 0.15) is 37.4 Å². The Kier molecular flexibility index (Phi) is 10.7. The van der Waals surface area contributed by atoms with Gasteiger partial charge in [-0.25, -0.2) is 0 Å². The number of rotatable bonds is 11. The third kappa shape index (κ3) is 8.35. The number of hydrogen-bond acceptors (Lipinski definition) is 15. The molecule has 0 atom stereocenters. The number of hydrogen-bond donors (Lipinski definition) is 6. The second-order valence-electron chi connectivity index (χ2n) is 11.9. The summed E-state index contributed by atoms with van der Waals surface area (Å²) in [5, 5.41) is 10.7. The van der Waals surface area contributed by atoms with Gasteiger partial charge < -0.3 is 14.8 Å². The first-order chi connectivity index (χ1) is 26.8. The molecule has 4 aromatic rings. The summed E-state index contributed by atoms with van der Waals surface area (Å²) < 4.78 is 111. The van der Waals surface area contributed by atoms with Crippen molar-refractivity contribution in [2.24, 2.45) is 10.2 Å². The zero-order chi connectivity index (χ0) is 41.4. The van der Waals surface area contributed by atoms with Gasteiger partial charge in [0.15, 0.2) is 5.71 Å². The number of amides is 1. The second-order valence-corrected chi connectivity index (χ2v) is 16.1.